The van der Waals surface area contributed by atoms with E-state index in [1.807, 2.05) is 0 Å². The van der Waals surface area contributed by atoms with Crippen molar-refractivity contribution in [2.45, 2.75) is 6.42 Å². The molecule has 0 saturated carbocycles. The summed E-state index contributed by atoms with van der Waals surface area (Å²) in [6.07, 6.45) is 0.570. The smallest absolute Gasteiger partial charge is 0.251 e. The number of methoxy groups -OCH3 is 1. The van der Waals surface area contributed by atoms with E-state index in [0.717, 1.165) is 0 Å². The summed E-state index contributed by atoms with van der Waals surface area (Å²) in [4.78, 5) is 23.7. The van der Waals surface area contributed by atoms with Gasteiger partial charge < -0.3 is 15.4 Å². The number of sulfonamides is 1. The summed E-state index contributed by atoms with van der Waals surface area (Å²) in [5.41, 5.74) is 0.768. The van der Waals surface area contributed by atoms with Gasteiger partial charge in [-0.15, -0.1) is 0 Å². The van der Waals surface area contributed by atoms with Crippen LogP contribution in [0.1, 0.15) is 16.8 Å². The number of rotatable bonds is 7. The van der Waals surface area contributed by atoms with Crippen LogP contribution in [0.15, 0.2) is 24.3 Å². The zero-order valence-electron chi connectivity index (χ0n) is 13.4. The zero-order chi connectivity index (χ0) is 17.6. The Morgan fingerprint density at radius 2 is 2.08 bits per heavy atom. The first-order valence-corrected chi connectivity index (χ1v) is 9.19. The molecule has 2 N–H and O–H groups in total. The molecular formula is C15H21N3O5S. The van der Waals surface area contributed by atoms with E-state index in [1.54, 1.807) is 18.2 Å². The minimum Gasteiger partial charge on any atom is -0.383 e. The van der Waals surface area contributed by atoms with Crippen LogP contribution in [-0.2, 0) is 19.6 Å². The molecule has 0 aromatic heterocycles. The summed E-state index contributed by atoms with van der Waals surface area (Å²) in [7, 11) is -1.77. The largest absolute Gasteiger partial charge is 0.383 e. The van der Waals surface area contributed by atoms with Gasteiger partial charge in [0, 0.05) is 25.8 Å². The Labute approximate surface area is 141 Å². The van der Waals surface area contributed by atoms with E-state index in [4.69, 9.17) is 4.74 Å². The average Bonchev–Trinajstić information content (AvgIpc) is 2.92. The van der Waals surface area contributed by atoms with Crippen molar-refractivity contribution in [3.8, 4) is 0 Å². The van der Waals surface area contributed by atoms with E-state index in [9.17, 15) is 18.0 Å². The van der Waals surface area contributed by atoms with Gasteiger partial charge in [-0.25, -0.2) is 8.42 Å². The standard InChI is InChI=1S/C15H21N3O5S/c1-23-8-6-16-14(19)11-17-15(20)12-4-2-5-13(10-12)18-7-3-9-24(18,21)22/h2,4-5,10H,3,6-9,11H2,1H3,(H,16,19)(H,17,20). The third-order valence-corrected chi connectivity index (χ3v) is 5.40. The van der Waals surface area contributed by atoms with Crippen molar-refractivity contribution in [1.82, 2.24) is 10.6 Å². The Morgan fingerprint density at radius 3 is 2.75 bits per heavy atom. The van der Waals surface area contributed by atoms with Crippen molar-refractivity contribution >= 4 is 27.5 Å². The monoisotopic (exact) mass is 355 g/mol. The van der Waals surface area contributed by atoms with Crippen LogP contribution in [-0.4, -0.2) is 59.3 Å². The molecule has 2 amide bonds. The second-order valence-corrected chi connectivity index (χ2v) is 7.33. The highest BCUT2D eigenvalue weighted by Crippen LogP contribution is 2.24. The Morgan fingerprint density at radius 1 is 1.29 bits per heavy atom. The molecule has 0 radical (unpaired) electrons. The fourth-order valence-corrected chi connectivity index (χ4v) is 3.91. The maximum absolute atomic E-state index is 12.1. The summed E-state index contributed by atoms with van der Waals surface area (Å²) < 4.78 is 30.0. The van der Waals surface area contributed by atoms with Crippen molar-refractivity contribution in [2.24, 2.45) is 0 Å². The molecule has 1 fully saturated rings. The number of carbonyl (C=O) groups is 2. The van der Waals surface area contributed by atoms with Crippen LogP contribution in [0.4, 0.5) is 5.69 Å². The number of nitrogens with one attached hydrogen (secondary N) is 2. The first-order valence-electron chi connectivity index (χ1n) is 7.58. The van der Waals surface area contributed by atoms with Gasteiger partial charge in [0.15, 0.2) is 0 Å². The Hall–Kier alpha value is -2.13. The van der Waals surface area contributed by atoms with E-state index in [1.165, 1.54) is 17.5 Å². The number of ether oxygens (including phenoxy) is 1. The molecule has 8 nitrogen and oxygen atoms in total. The number of anilines is 1. The number of hydrogen-bond donors (Lipinski definition) is 2. The van der Waals surface area contributed by atoms with E-state index in [0.29, 0.717) is 37.4 Å². The molecule has 132 valence electrons. The Balaban J connectivity index is 1.96. The normalized spacial score (nSPS) is 16.0. The molecule has 0 atom stereocenters. The quantitative estimate of drug-likeness (QED) is 0.655. The number of carbonyl (C=O) groups excluding carboxylic acids is 2. The van der Waals surface area contributed by atoms with Crippen LogP contribution in [0.5, 0.6) is 0 Å². The third-order valence-electron chi connectivity index (χ3n) is 3.53. The highest BCUT2D eigenvalue weighted by atomic mass is 32.2. The van der Waals surface area contributed by atoms with E-state index < -0.39 is 15.9 Å². The van der Waals surface area contributed by atoms with Gasteiger partial charge in [-0.3, -0.25) is 13.9 Å². The molecule has 0 aliphatic carbocycles. The lowest BCUT2D eigenvalue weighted by molar-refractivity contribution is -0.120. The number of nitrogens with zero attached hydrogens (tertiary/aromatic N) is 1. The second-order valence-electron chi connectivity index (χ2n) is 5.32. The molecule has 1 aromatic rings. The molecule has 0 bridgehead atoms. The predicted molar refractivity (Wildman–Crippen MR) is 89.4 cm³/mol. The number of amides is 2. The minimum absolute atomic E-state index is 0.116. The van der Waals surface area contributed by atoms with Gasteiger partial charge in [0.25, 0.3) is 5.91 Å². The summed E-state index contributed by atoms with van der Waals surface area (Å²) in [6.45, 7) is 1.02. The van der Waals surface area contributed by atoms with Gasteiger partial charge >= 0.3 is 0 Å². The molecule has 1 heterocycles. The van der Waals surface area contributed by atoms with Crippen LogP contribution in [0.3, 0.4) is 0 Å². The van der Waals surface area contributed by atoms with E-state index >= 15 is 0 Å². The molecule has 1 aromatic carbocycles. The van der Waals surface area contributed by atoms with Crippen LogP contribution in [0.25, 0.3) is 0 Å². The Kier molecular flexibility index (Phi) is 6.16. The lowest BCUT2D eigenvalue weighted by Gasteiger charge is -2.17. The van der Waals surface area contributed by atoms with Crippen molar-refractivity contribution in [3.05, 3.63) is 29.8 Å². The van der Waals surface area contributed by atoms with Crippen LogP contribution in [0.2, 0.25) is 0 Å². The molecular weight excluding hydrogens is 334 g/mol. The van der Waals surface area contributed by atoms with Gasteiger partial charge in [-0.05, 0) is 24.6 Å². The van der Waals surface area contributed by atoms with Crippen molar-refractivity contribution in [2.75, 3.05) is 43.4 Å². The zero-order valence-corrected chi connectivity index (χ0v) is 14.3. The fourth-order valence-electron chi connectivity index (χ4n) is 2.35. The lowest BCUT2D eigenvalue weighted by Crippen LogP contribution is -2.38. The maximum atomic E-state index is 12.1. The van der Waals surface area contributed by atoms with Gasteiger partial charge in [-0.2, -0.15) is 0 Å². The van der Waals surface area contributed by atoms with Crippen LogP contribution in [0, 0.1) is 0 Å². The first-order chi connectivity index (χ1) is 11.4. The predicted octanol–water partition coefficient (Wildman–Crippen LogP) is -0.281. The van der Waals surface area contributed by atoms with Crippen LogP contribution >= 0.6 is 0 Å². The highest BCUT2D eigenvalue weighted by Gasteiger charge is 2.28. The van der Waals surface area contributed by atoms with Crippen molar-refractivity contribution in [1.29, 1.82) is 0 Å². The molecule has 1 aliphatic rings. The topological polar surface area (TPSA) is 105 Å². The fraction of sp³-hybridized carbons (Fsp3) is 0.467. The average molecular weight is 355 g/mol. The SMILES string of the molecule is COCCNC(=O)CNC(=O)c1cccc(N2CCCS2(=O)=O)c1. The third kappa shape index (κ3) is 4.68. The molecule has 1 aliphatic heterocycles. The molecule has 0 spiro atoms. The molecule has 9 heteroatoms. The summed E-state index contributed by atoms with van der Waals surface area (Å²) in [6, 6.07) is 6.36. The first kappa shape index (κ1) is 18.2. The summed E-state index contributed by atoms with van der Waals surface area (Å²) >= 11 is 0. The molecule has 1 saturated heterocycles. The summed E-state index contributed by atoms with van der Waals surface area (Å²) in [5.74, 6) is -0.639. The summed E-state index contributed by atoms with van der Waals surface area (Å²) in [5, 5.41) is 5.10. The van der Waals surface area contributed by atoms with Gasteiger partial charge in [-0.1, -0.05) is 6.07 Å². The van der Waals surface area contributed by atoms with Crippen molar-refractivity contribution < 1.29 is 22.7 Å². The van der Waals surface area contributed by atoms with Gasteiger partial charge in [0.2, 0.25) is 15.9 Å². The number of benzene rings is 1. The van der Waals surface area contributed by atoms with E-state index in [-0.39, 0.29) is 18.2 Å². The lowest BCUT2D eigenvalue weighted by atomic mass is 10.2. The van der Waals surface area contributed by atoms with Gasteiger partial charge in [0.05, 0.1) is 24.6 Å². The second kappa shape index (κ2) is 8.11. The van der Waals surface area contributed by atoms with Crippen molar-refractivity contribution in [3.63, 3.8) is 0 Å². The van der Waals surface area contributed by atoms with Crippen LogP contribution < -0.4 is 14.9 Å². The molecule has 0 unspecified atom stereocenters. The Bertz CT molecular complexity index is 705. The number of hydrogen-bond acceptors (Lipinski definition) is 5. The minimum atomic E-state index is -3.30. The van der Waals surface area contributed by atoms with E-state index in [2.05, 4.69) is 10.6 Å². The van der Waals surface area contributed by atoms with Gasteiger partial charge in [0.1, 0.15) is 0 Å². The molecule has 24 heavy (non-hydrogen) atoms. The molecule has 2 rings (SSSR count). The maximum Gasteiger partial charge on any atom is 0.251 e. The highest BCUT2D eigenvalue weighted by molar-refractivity contribution is 7.93.